The standard InChI is InChI=1S/C15H30N2/c1-2-17(14-9-4-3-5-10-14)15-11-7-6-8-13(15)12-16/h13-15H,2-12,16H2,1H3. The molecule has 2 aliphatic carbocycles. The first kappa shape index (κ1) is 13.4. The van der Waals surface area contributed by atoms with Gasteiger partial charge in [0.2, 0.25) is 0 Å². The Bertz CT molecular complexity index is 211. The Hall–Kier alpha value is -0.0800. The van der Waals surface area contributed by atoms with Crippen molar-refractivity contribution in [3.63, 3.8) is 0 Å². The molecule has 0 aromatic heterocycles. The van der Waals surface area contributed by atoms with Crippen molar-refractivity contribution in [3.05, 3.63) is 0 Å². The summed E-state index contributed by atoms with van der Waals surface area (Å²) in [5.74, 6) is 0.769. The van der Waals surface area contributed by atoms with E-state index in [4.69, 9.17) is 5.73 Å². The zero-order valence-corrected chi connectivity index (χ0v) is 11.5. The van der Waals surface area contributed by atoms with Crippen LogP contribution in [-0.2, 0) is 0 Å². The van der Waals surface area contributed by atoms with Crippen LogP contribution in [-0.4, -0.2) is 30.1 Å². The second-order valence-electron chi connectivity index (χ2n) is 5.97. The van der Waals surface area contributed by atoms with Gasteiger partial charge in [-0.05, 0) is 44.7 Å². The fourth-order valence-corrected chi connectivity index (χ4v) is 4.08. The lowest BCUT2D eigenvalue weighted by Crippen LogP contribution is -2.50. The van der Waals surface area contributed by atoms with Crippen molar-refractivity contribution in [1.82, 2.24) is 4.90 Å². The van der Waals surface area contributed by atoms with E-state index in [1.54, 1.807) is 0 Å². The van der Waals surface area contributed by atoms with E-state index in [0.29, 0.717) is 0 Å². The molecule has 100 valence electrons. The minimum Gasteiger partial charge on any atom is -0.330 e. The third kappa shape index (κ3) is 3.23. The van der Waals surface area contributed by atoms with Gasteiger partial charge >= 0.3 is 0 Å². The molecular weight excluding hydrogens is 208 g/mol. The highest BCUT2D eigenvalue weighted by molar-refractivity contribution is 4.88. The molecule has 2 unspecified atom stereocenters. The molecule has 0 saturated heterocycles. The Labute approximate surface area is 107 Å². The maximum Gasteiger partial charge on any atom is 0.0138 e. The molecule has 0 aromatic rings. The van der Waals surface area contributed by atoms with Gasteiger partial charge in [-0.15, -0.1) is 0 Å². The Morgan fingerprint density at radius 1 is 0.941 bits per heavy atom. The molecule has 0 aromatic carbocycles. The van der Waals surface area contributed by atoms with Crippen molar-refractivity contribution >= 4 is 0 Å². The summed E-state index contributed by atoms with van der Waals surface area (Å²) in [5.41, 5.74) is 5.99. The maximum absolute atomic E-state index is 5.99. The van der Waals surface area contributed by atoms with Crippen molar-refractivity contribution in [3.8, 4) is 0 Å². The molecule has 2 heteroatoms. The van der Waals surface area contributed by atoms with Gasteiger partial charge in [0.15, 0.2) is 0 Å². The number of rotatable bonds is 4. The van der Waals surface area contributed by atoms with Gasteiger partial charge in [0.05, 0.1) is 0 Å². The average Bonchev–Trinajstić information content (AvgIpc) is 2.41. The monoisotopic (exact) mass is 238 g/mol. The lowest BCUT2D eigenvalue weighted by molar-refractivity contribution is 0.0534. The van der Waals surface area contributed by atoms with Crippen molar-refractivity contribution in [1.29, 1.82) is 0 Å². The second-order valence-corrected chi connectivity index (χ2v) is 5.97. The Morgan fingerprint density at radius 3 is 2.24 bits per heavy atom. The first-order valence-corrected chi connectivity index (χ1v) is 7.82. The molecule has 17 heavy (non-hydrogen) atoms. The molecule has 0 amide bonds. The number of hydrogen-bond acceptors (Lipinski definition) is 2. The summed E-state index contributed by atoms with van der Waals surface area (Å²) in [5, 5.41) is 0. The summed E-state index contributed by atoms with van der Waals surface area (Å²) >= 11 is 0. The highest BCUT2D eigenvalue weighted by Crippen LogP contribution is 2.32. The van der Waals surface area contributed by atoms with Gasteiger partial charge in [-0.3, -0.25) is 4.90 Å². The summed E-state index contributed by atoms with van der Waals surface area (Å²) in [4.78, 5) is 2.82. The van der Waals surface area contributed by atoms with Crippen LogP contribution in [0.15, 0.2) is 0 Å². The quantitative estimate of drug-likeness (QED) is 0.815. The maximum atomic E-state index is 5.99. The van der Waals surface area contributed by atoms with Crippen molar-refractivity contribution < 1.29 is 0 Å². The van der Waals surface area contributed by atoms with Crippen LogP contribution in [0, 0.1) is 5.92 Å². The predicted octanol–water partition coefficient (Wildman–Crippen LogP) is 3.16. The van der Waals surface area contributed by atoms with E-state index in [0.717, 1.165) is 24.5 Å². The van der Waals surface area contributed by atoms with Crippen molar-refractivity contribution in [2.75, 3.05) is 13.1 Å². The third-order valence-electron chi connectivity index (χ3n) is 5.01. The molecule has 2 nitrogen and oxygen atoms in total. The molecule has 0 radical (unpaired) electrons. The molecule has 0 heterocycles. The Kier molecular flexibility index (Phi) is 5.30. The average molecular weight is 238 g/mol. The predicted molar refractivity (Wildman–Crippen MR) is 74.1 cm³/mol. The summed E-state index contributed by atoms with van der Waals surface area (Å²) in [7, 11) is 0. The first-order valence-electron chi connectivity index (χ1n) is 7.82. The molecule has 2 aliphatic rings. The summed E-state index contributed by atoms with van der Waals surface area (Å²) in [6, 6.07) is 1.66. The molecule has 0 bridgehead atoms. The van der Waals surface area contributed by atoms with E-state index in [2.05, 4.69) is 11.8 Å². The topological polar surface area (TPSA) is 29.3 Å². The van der Waals surface area contributed by atoms with Crippen LogP contribution < -0.4 is 5.73 Å². The minimum absolute atomic E-state index is 0.769. The second kappa shape index (κ2) is 6.75. The Balaban J connectivity index is 1.99. The summed E-state index contributed by atoms with van der Waals surface area (Å²) in [6.45, 7) is 4.47. The fraction of sp³-hybridized carbons (Fsp3) is 1.00. The zero-order valence-electron chi connectivity index (χ0n) is 11.5. The van der Waals surface area contributed by atoms with Gasteiger partial charge < -0.3 is 5.73 Å². The van der Waals surface area contributed by atoms with Crippen LogP contribution in [0.5, 0.6) is 0 Å². The molecule has 2 rings (SSSR count). The minimum atomic E-state index is 0.769. The summed E-state index contributed by atoms with van der Waals surface area (Å²) in [6.07, 6.45) is 12.8. The van der Waals surface area contributed by atoms with Crippen molar-refractivity contribution in [2.45, 2.75) is 76.8 Å². The van der Waals surface area contributed by atoms with E-state index in [1.165, 1.54) is 64.3 Å². The van der Waals surface area contributed by atoms with Gasteiger partial charge in [-0.25, -0.2) is 0 Å². The molecule has 0 spiro atoms. The fourth-order valence-electron chi connectivity index (χ4n) is 4.08. The first-order chi connectivity index (χ1) is 8.36. The van der Waals surface area contributed by atoms with Gasteiger partial charge in [-0.2, -0.15) is 0 Å². The van der Waals surface area contributed by atoms with Crippen LogP contribution in [0.3, 0.4) is 0 Å². The molecule has 2 fully saturated rings. The van der Waals surface area contributed by atoms with Crippen molar-refractivity contribution in [2.24, 2.45) is 11.7 Å². The van der Waals surface area contributed by atoms with E-state index < -0.39 is 0 Å². The van der Waals surface area contributed by atoms with E-state index >= 15 is 0 Å². The van der Waals surface area contributed by atoms with Gasteiger partial charge in [0.25, 0.3) is 0 Å². The van der Waals surface area contributed by atoms with Crippen LogP contribution in [0.2, 0.25) is 0 Å². The van der Waals surface area contributed by atoms with Crippen LogP contribution in [0.1, 0.15) is 64.7 Å². The highest BCUT2D eigenvalue weighted by atomic mass is 15.2. The van der Waals surface area contributed by atoms with E-state index in [1.807, 2.05) is 0 Å². The van der Waals surface area contributed by atoms with Crippen LogP contribution in [0.4, 0.5) is 0 Å². The molecule has 2 N–H and O–H groups in total. The third-order valence-corrected chi connectivity index (χ3v) is 5.01. The lowest BCUT2D eigenvalue weighted by atomic mass is 9.81. The zero-order chi connectivity index (χ0) is 12.1. The molecule has 2 atom stereocenters. The smallest absolute Gasteiger partial charge is 0.0138 e. The van der Waals surface area contributed by atoms with Crippen LogP contribution >= 0.6 is 0 Å². The van der Waals surface area contributed by atoms with Gasteiger partial charge in [-0.1, -0.05) is 39.0 Å². The van der Waals surface area contributed by atoms with Gasteiger partial charge in [0, 0.05) is 12.1 Å². The SMILES string of the molecule is CCN(C1CCCCC1)C1CCCCC1CN. The highest BCUT2D eigenvalue weighted by Gasteiger charge is 2.32. The summed E-state index contributed by atoms with van der Waals surface area (Å²) < 4.78 is 0. The Morgan fingerprint density at radius 2 is 1.59 bits per heavy atom. The molecule has 0 aliphatic heterocycles. The van der Waals surface area contributed by atoms with Gasteiger partial charge in [0.1, 0.15) is 0 Å². The number of nitrogens with zero attached hydrogens (tertiary/aromatic N) is 1. The largest absolute Gasteiger partial charge is 0.330 e. The molecule has 2 saturated carbocycles. The molecular formula is C15H30N2. The number of hydrogen-bond donors (Lipinski definition) is 1. The normalized spacial score (nSPS) is 31.9. The number of nitrogens with two attached hydrogens (primary N) is 1. The van der Waals surface area contributed by atoms with Crippen LogP contribution in [0.25, 0.3) is 0 Å². The lowest BCUT2D eigenvalue weighted by Gasteiger charge is -2.44. The van der Waals surface area contributed by atoms with E-state index in [9.17, 15) is 0 Å². The van der Waals surface area contributed by atoms with E-state index in [-0.39, 0.29) is 0 Å².